The normalized spacial score (nSPS) is 15.6. The monoisotopic (exact) mass is 536 g/mol. The van der Waals surface area contributed by atoms with Gasteiger partial charge >= 0.3 is 12.2 Å². The standard InChI is InChI=1S/C25H31F3N6O4/c1-3-30-24(37)33-20-10-15(4-7-21(20)38-2)13-34-9-8-17(14-34)32-22(35)12-31-23(36)18-11-16(25(26,27)28)5-6-19(18)29/h4-7,10-11,17H,3,8-9,12-14,29H2,1-2H3,(H,31,36)(H,32,35)(H2,30,33,37)/t17-/m0/s1. The van der Waals surface area contributed by atoms with Crippen molar-refractivity contribution in [2.75, 3.05) is 44.3 Å². The molecule has 0 unspecified atom stereocenters. The highest BCUT2D eigenvalue weighted by Crippen LogP contribution is 2.31. The van der Waals surface area contributed by atoms with Crippen molar-refractivity contribution < 1.29 is 32.3 Å². The number of rotatable bonds is 9. The average molecular weight is 537 g/mol. The molecule has 10 nitrogen and oxygen atoms in total. The van der Waals surface area contributed by atoms with Crippen molar-refractivity contribution in [2.45, 2.75) is 32.1 Å². The maximum absolute atomic E-state index is 12.9. The lowest BCUT2D eigenvalue weighted by atomic mass is 10.1. The first kappa shape index (κ1) is 28.6. The Morgan fingerprint density at radius 2 is 1.89 bits per heavy atom. The zero-order valence-corrected chi connectivity index (χ0v) is 21.1. The van der Waals surface area contributed by atoms with E-state index in [1.54, 1.807) is 6.07 Å². The van der Waals surface area contributed by atoms with Gasteiger partial charge in [0.05, 0.1) is 30.5 Å². The summed E-state index contributed by atoms with van der Waals surface area (Å²) in [6.07, 6.45) is -3.94. The number of hydrogen-bond donors (Lipinski definition) is 5. The predicted molar refractivity (Wildman–Crippen MR) is 136 cm³/mol. The van der Waals surface area contributed by atoms with E-state index in [-0.39, 0.29) is 23.3 Å². The lowest BCUT2D eigenvalue weighted by molar-refractivity contribution is -0.137. The molecule has 0 aliphatic carbocycles. The van der Waals surface area contributed by atoms with Crippen molar-refractivity contribution >= 4 is 29.2 Å². The summed E-state index contributed by atoms with van der Waals surface area (Å²) in [5.74, 6) is -0.803. The summed E-state index contributed by atoms with van der Waals surface area (Å²) in [6, 6.07) is 7.44. The van der Waals surface area contributed by atoms with Crippen molar-refractivity contribution in [3.63, 3.8) is 0 Å². The maximum atomic E-state index is 12.9. The van der Waals surface area contributed by atoms with Gasteiger partial charge in [-0.15, -0.1) is 0 Å². The van der Waals surface area contributed by atoms with Crippen molar-refractivity contribution in [3.8, 4) is 5.75 Å². The third-order valence-electron chi connectivity index (χ3n) is 5.93. The van der Waals surface area contributed by atoms with Crippen LogP contribution in [0.25, 0.3) is 0 Å². The van der Waals surface area contributed by atoms with Crippen LogP contribution in [0.2, 0.25) is 0 Å². The zero-order chi connectivity index (χ0) is 27.9. The van der Waals surface area contributed by atoms with Crippen LogP contribution in [0.3, 0.4) is 0 Å². The van der Waals surface area contributed by atoms with Gasteiger partial charge in [-0.05, 0) is 49.2 Å². The van der Waals surface area contributed by atoms with E-state index >= 15 is 0 Å². The number of nitrogens with zero attached hydrogens (tertiary/aromatic N) is 1. The van der Waals surface area contributed by atoms with E-state index < -0.39 is 30.1 Å². The number of methoxy groups -OCH3 is 1. The molecule has 1 aliphatic heterocycles. The first-order valence-corrected chi connectivity index (χ1v) is 12.0. The lowest BCUT2D eigenvalue weighted by Gasteiger charge is -2.18. The van der Waals surface area contributed by atoms with Crippen LogP contribution in [-0.4, -0.2) is 62.1 Å². The van der Waals surface area contributed by atoms with Gasteiger partial charge in [0.2, 0.25) is 5.91 Å². The largest absolute Gasteiger partial charge is 0.495 e. The summed E-state index contributed by atoms with van der Waals surface area (Å²) < 4.78 is 44.1. The van der Waals surface area contributed by atoms with Crippen LogP contribution in [0, 0.1) is 0 Å². The van der Waals surface area contributed by atoms with Gasteiger partial charge in [-0.25, -0.2) is 4.79 Å². The van der Waals surface area contributed by atoms with E-state index in [9.17, 15) is 27.6 Å². The molecule has 1 saturated heterocycles. The van der Waals surface area contributed by atoms with Crippen LogP contribution in [-0.2, 0) is 17.5 Å². The molecule has 38 heavy (non-hydrogen) atoms. The minimum atomic E-state index is -4.62. The Morgan fingerprint density at radius 1 is 1.13 bits per heavy atom. The molecule has 1 aliphatic rings. The molecular formula is C25H31F3N6O4. The van der Waals surface area contributed by atoms with Crippen molar-refractivity contribution in [1.82, 2.24) is 20.9 Å². The molecule has 0 spiro atoms. The SMILES string of the molecule is CCNC(=O)Nc1cc(CN2CC[C@H](NC(=O)CNC(=O)c3cc(C(F)(F)F)ccc3N)C2)ccc1OC. The fourth-order valence-electron chi connectivity index (χ4n) is 4.09. The Balaban J connectivity index is 1.50. The second-order valence-corrected chi connectivity index (χ2v) is 8.79. The van der Waals surface area contributed by atoms with E-state index in [1.807, 2.05) is 19.1 Å². The number of nitrogens with one attached hydrogen (secondary N) is 4. The molecule has 1 atom stereocenters. The number of amides is 4. The number of anilines is 2. The highest BCUT2D eigenvalue weighted by Gasteiger charge is 2.31. The van der Waals surface area contributed by atoms with Gasteiger partial charge in [0.15, 0.2) is 0 Å². The number of nitrogen functional groups attached to an aromatic ring is 1. The number of likely N-dealkylation sites (tertiary alicyclic amines) is 1. The van der Waals surface area contributed by atoms with E-state index in [1.165, 1.54) is 7.11 Å². The van der Waals surface area contributed by atoms with Crippen molar-refractivity contribution in [1.29, 1.82) is 0 Å². The van der Waals surface area contributed by atoms with Gasteiger partial charge in [-0.1, -0.05) is 6.07 Å². The first-order chi connectivity index (χ1) is 18.0. The molecular weight excluding hydrogens is 505 g/mol. The third-order valence-corrected chi connectivity index (χ3v) is 5.93. The molecule has 206 valence electrons. The molecule has 13 heteroatoms. The number of carbonyl (C=O) groups is 3. The third kappa shape index (κ3) is 7.75. The number of hydrogen-bond acceptors (Lipinski definition) is 6. The smallest absolute Gasteiger partial charge is 0.416 e. The van der Waals surface area contributed by atoms with Gasteiger partial charge in [-0.3, -0.25) is 14.5 Å². The molecule has 0 radical (unpaired) electrons. The van der Waals surface area contributed by atoms with Crippen LogP contribution in [0.15, 0.2) is 36.4 Å². The quantitative estimate of drug-likeness (QED) is 0.313. The van der Waals surface area contributed by atoms with E-state index in [2.05, 4.69) is 26.2 Å². The molecule has 6 N–H and O–H groups in total. The Morgan fingerprint density at radius 3 is 2.58 bits per heavy atom. The second-order valence-electron chi connectivity index (χ2n) is 8.79. The predicted octanol–water partition coefficient (Wildman–Crippen LogP) is 2.56. The number of nitrogens with two attached hydrogens (primary N) is 1. The van der Waals surface area contributed by atoms with Crippen LogP contribution in [0.5, 0.6) is 5.75 Å². The molecule has 0 saturated carbocycles. The van der Waals surface area contributed by atoms with Crippen LogP contribution >= 0.6 is 0 Å². The highest BCUT2D eigenvalue weighted by atomic mass is 19.4. The van der Waals surface area contributed by atoms with Crippen LogP contribution in [0.4, 0.5) is 29.3 Å². The summed E-state index contributed by atoms with van der Waals surface area (Å²) in [5.41, 5.74) is 5.66. The number of ether oxygens (including phenoxy) is 1. The Kier molecular flexibility index (Phi) is 9.40. The number of carbonyl (C=O) groups excluding carboxylic acids is 3. The molecule has 4 amide bonds. The van der Waals surface area contributed by atoms with Crippen LogP contribution in [0.1, 0.15) is 34.8 Å². The van der Waals surface area contributed by atoms with E-state index in [4.69, 9.17) is 10.5 Å². The molecule has 2 aromatic carbocycles. The summed E-state index contributed by atoms with van der Waals surface area (Å²) >= 11 is 0. The number of alkyl halides is 3. The molecule has 0 aromatic heterocycles. The molecule has 1 fully saturated rings. The summed E-state index contributed by atoms with van der Waals surface area (Å²) in [6.45, 7) is 3.74. The summed E-state index contributed by atoms with van der Waals surface area (Å²) in [5, 5.41) is 10.6. The first-order valence-electron chi connectivity index (χ1n) is 12.0. The Hall–Kier alpha value is -4.00. The number of halogens is 3. The van der Waals surface area contributed by atoms with Gasteiger partial charge in [0.25, 0.3) is 5.91 Å². The lowest BCUT2D eigenvalue weighted by Crippen LogP contribution is -2.43. The zero-order valence-electron chi connectivity index (χ0n) is 21.1. The van der Waals surface area contributed by atoms with Crippen molar-refractivity contribution in [2.24, 2.45) is 0 Å². The average Bonchev–Trinajstić information content (AvgIpc) is 3.28. The molecule has 2 aromatic rings. The maximum Gasteiger partial charge on any atom is 0.416 e. The Bertz CT molecular complexity index is 1170. The minimum Gasteiger partial charge on any atom is -0.495 e. The van der Waals surface area contributed by atoms with Gasteiger partial charge in [0.1, 0.15) is 5.75 Å². The molecule has 1 heterocycles. The fraction of sp³-hybridized carbons (Fsp3) is 0.400. The second kappa shape index (κ2) is 12.5. The van der Waals surface area contributed by atoms with E-state index in [0.717, 1.165) is 17.7 Å². The Labute approximate surface area is 218 Å². The summed E-state index contributed by atoms with van der Waals surface area (Å²) in [4.78, 5) is 38.8. The molecule has 3 rings (SSSR count). The molecule has 0 bridgehead atoms. The highest BCUT2D eigenvalue weighted by molar-refractivity contribution is 6.00. The van der Waals surface area contributed by atoms with Crippen molar-refractivity contribution in [3.05, 3.63) is 53.1 Å². The number of benzene rings is 2. The topological polar surface area (TPSA) is 138 Å². The number of urea groups is 1. The van der Waals surface area contributed by atoms with Gasteiger partial charge in [0, 0.05) is 37.9 Å². The van der Waals surface area contributed by atoms with Gasteiger partial charge in [-0.2, -0.15) is 13.2 Å². The van der Waals surface area contributed by atoms with Gasteiger partial charge < -0.3 is 31.7 Å². The fourth-order valence-corrected chi connectivity index (χ4v) is 4.09. The minimum absolute atomic E-state index is 0.120. The van der Waals surface area contributed by atoms with E-state index in [0.29, 0.717) is 50.1 Å². The van der Waals surface area contributed by atoms with Crippen LogP contribution < -0.4 is 31.7 Å². The summed E-state index contributed by atoms with van der Waals surface area (Å²) in [7, 11) is 1.52.